The van der Waals surface area contributed by atoms with Crippen LogP contribution in [0.1, 0.15) is 38.2 Å². The van der Waals surface area contributed by atoms with Crippen molar-refractivity contribution in [1.82, 2.24) is 0 Å². The third kappa shape index (κ3) is 3.69. The van der Waals surface area contributed by atoms with E-state index >= 15 is 0 Å². The van der Waals surface area contributed by atoms with E-state index in [0.717, 1.165) is 23.6 Å². The second kappa shape index (κ2) is 6.38. The zero-order chi connectivity index (χ0) is 13.8. The highest BCUT2D eigenvalue weighted by molar-refractivity contribution is 5.49. The van der Waals surface area contributed by atoms with Crippen LogP contribution in [0.5, 0.6) is 0 Å². The fraction of sp³-hybridized carbons (Fsp3) is 0.625. The van der Waals surface area contributed by atoms with Crippen LogP contribution in [0.15, 0.2) is 18.2 Å². The van der Waals surface area contributed by atoms with E-state index in [4.69, 9.17) is 5.73 Å². The second-order valence-electron chi connectivity index (χ2n) is 5.89. The summed E-state index contributed by atoms with van der Waals surface area (Å²) in [6.45, 7) is 2.87. The number of benzene rings is 1. The number of anilines is 1. The van der Waals surface area contributed by atoms with Gasteiger partial charge in [0.25, 0.3) is 0 Å². The Balaban J connectivity index is 2.15. The summed E-state index contributed by atoms with van der Waals surface area (Å²) in [7, 11) is 2.09. The molecule has 2 unspecified atom stereocenters. The Hall–Kier alpha value is -1.09. The highest BCUT2D eigenvalue weighted by Gasteiger charge is 2.23. The highest BCUT2D eigenvalue weighted by atomic mass is 19.1. The standard InChI is InChI=1S/C16H25FN2/c1-12-4-3-5-15(8-12)19(2)16-10-13(6-7-18)9-14(17)11-16/h9-12,15H,3-8,18H2,1-2H3. The van der Waals surface area contributed by atoms with E-state index in [1.165, 1.54) is 25.7 Å². The summed E-state index contributed by atoms with van der Waals surface area (Å²) in [5.41, 5.74) is 7.54. The molecule has 19 heavy (non-hydrogen) atoms. The summed E-state index contributed by atoms with van der Waals surface area (Å²) in [5.74, 6) is 0.620. The van der Waals surface area contributed by atoms with Crippen LogP contribution in [-0.4, -0.2) is 19.6 Å². The van der Waals surface area contributed by atoms with Gasteiger partial charge < -0.3 is 10.6 Å². The maximum absolute atomic E-state index is 13.7. The van der Waals surface area contributed by atoms with Crippen molar-refractivity contribution in [1.29, 1.82) is 0 Å². The SMILES string of the molecule is CC1CCCC(N(C)c2cc(F)cc(CCN)c2)C1. The molecule has 0 aliphatic heterocycles. The molecule has 2 atom stereocenters. The fourth-order valence-corrected chi connectivity index (χ4v) is 3.11. The summed E-state index contributed by atoms with van der Waals surface area (Å²) >= 11 is 0. The predicted molar refractivity (Wildman–Crippen MR) is 79.0 cm³/mol. The van der Waals surface area contributed by atoms with E-state index < -0.39 is 0 Å². The van der Waals surface area contributed by atoms with Gasteiger partial charge in [-0.15, -0.1) is 0 Å². The van der Waals surface area contributed by atoms with Gasteiger partial charge in [0.2, 0.25) is 0 Å². The van der Waals surface area contributed by atoms with Crippen LogP contribution in [0.2, 0.25) is 0 Å². The normalized spacial score (nSPS) is 23.4. The number of hydrogen-bond donors (Lipinski definition) is 1. The summed E-state index contributed by atoms with van der Waals surface area (Å²) < 4.78 is 13.7. The molecule has 1 aliphatic rings. The lowest BCUT2D eigenvalue weighted by Gasteiger charge is -2.35. The van der Waals surface area contributed by atoms with Gasteiger partial charge in [-0.1, -0.05) is 19.8 Å². The molecule has 1 aromatic carbocycles. The summed E-state index contributed by atoms with van der Waals surface area (Å²) in [4.78, 5) is 2.25. The first kappa shape index (κ1) is 14.3. The minimum atomic E-state index is -0.156. The third-order valence-electron chi connectivity index (χ3n) is 4.24. The van der Waals surface area contributed by atoms with E-state index in [2.05, 4.69) is 24.9 Å². The van der Waals surface area contributed by atoms with Crippen molar-refractivity contribution < 1.29 is 4.39 Å². The van der Waals surface area contributed by atoms with Gasteiger partial charge in [-0.05, 0) is 55.5 Å². The molecule has 0 heterocycles. The molecule has 2 rings (SSSR count). The van der Waals surface area contributed by atoms with Gasteiger partial charge in [0.05, 0.1) is 0 Å². The zero-order valence-electron chi connectivity index (χ0n) is 12.0. The maximum atomic E-state index is 13.7. The van der Waals surface area contributed by atoms with Crippen molar-refractivity contribution in [2.75, 3.05) is 18.5 Å². The molecule has 0 saturated heterocycles. The zero-order valence-corrected chi connectivity index (χ0v) is 12.0. The molecule has 2 N–H and O–H groups in total. The summed E-state index contributed by atoms with van der Waals surface area (Å²) in [6, 6.07) is 5.85. The molecule has 0 amide bonds. The van der Waals surface area contributed by atoms with Gasteiger partial charge in [0, 0.05) is 18.8 Å². The monoisotopic (exact) mass is 264 g/mol. The Kier molecular flexibility index (Phi) is 4.81. The minimum absolute atomic E-state index is 0.156. The summed E-state index contributed by atoms with van der Waals surface area (Å²) in [6.07, 6.45) is 5.76. The van der Waals surface area contributed by atoms with Gasteiger partial charge in [0.15, 0.2) is 0 Å². The predicted octanol–water partition coefficient (Wildman–Crippen LogP) is 3.34. The number of rotatable bonds is 4. The molecule has 0 bridgehead atoms. The van der Waals surface area contributed by atoms with Crippen molar-refractivity contribution in [3.63, 3.8) is 0 Å². The molecular formula is C16H25FN2. The first-order valence-electron chi connectivity index (χ1n) is 7.32. The molecule has 1 aliphatic carbocycles. The third-order valence-corrected chi connectivity index (χ3v) is 4.24. The smallest absolute Gasteiger partial charge is 0.125 e. The number of hydrogen-bond acceptors (Lipinski definition) is 2. The lowest BCUT2D eigenvalue weighted by atomic mass is 9.86. The van der Waals surface area contributed by atoms with Crippen LogP contribution in [0.25, 0.3) is 0 Å². The van der Waals surface area contributed by atoms with E-state index in [9.17, 15) is 4.39 Å². The molecule has 3 heteroatoms. The molecule has 0 radical (unpaired) electrons. The Morgan fingerprint density at radius 1 is 1.32 bits per heavy atom. The van der Waals surface area contributed by atoms with E-state index in [0.29, 0.717) is 12.6 Å². The molecule has 1 aromatic rings. The molecule has 106 valence electrons. The lowest BCUT2D eigenvalue weighted by molar-refractivity contribution is 0.336. The van der Waals surface area contributed by atoms with Crippen molar-refractivity contribution in [3.8, 4) is 0 Å². The molecule has 0 aromatic heterocycles. The van der Waals surface area contributed by atoms with Crippen LogP contribution < -0.4 is 10.6 Å². The molecule has 0 spiro atoms. The second-order valence-corrected chi connectivity index (χ2v) is 5.89. The quantitative estimate of drug-likeness (QED) is 0.903. The van der Waals surface area contributed by atoms with E-state index in [1.54, 1.807) is 12.1 Å². The van der Waals surface area contributed by atoms with E-state index in [1.807, 2.05) is 0 Å². The Morgan fingerprint density at radius 2 is 2.11 bits per heavy atom. The van der Waals surface area contributed by atoms with Gasteiger partial charge in [-0.25, -0.2) is 4.39 Å². The van der Waals surface area contributed by atoms with Crippen molar-refractivity contribution >= 4 is 5.69 Å². The summed E-state index contributed by atoms with van der Waals surface area (Å²) in [5, 5.41) is 0. The average molecular weight is 264 g/mol. The largest absolute Gasteiger partial charge is 0.372 e. The maximum Gasteiger partial charge on any atom is 0.125 e. The molecule has 2 nitrogen and oxygen atoms in total. The first-order chi connectivity index (χ1) is 9.10. The van der Waals surface area contributed by atoms with Gasteiger partial charge in [-0.2, -0.15) is 0 Å². The van der Waals surface area contributed by atoms with Gasteiger partial charge in [0.1, 0.15) is 5.82 Å². The first-order valence-corrected chi connectivity index (χ1v) is 7.32. The Labute approximate surface area is 115 Å². The number of halogens is 1. The topological polar surface area (TPSA) is 29.3 Å². The highest BCUT2D eigenvalue weighted by Crippen LogP contribution is 2.30. The Morgan fingerprint density at radius 3 is 2.79 bits per heavy atom. The Bertz CT molecular complexity index is 419. The van der Waals surface area contributed by atoms with Gasteiger partial charge in [-0.3, -0.25) is 0 Å². The van der Waals surface area contributed by atoms with Crippen LogP contribution in [0.4, 0.5) is 10.1 Å². The van der Waals surface area contributed by atoms with Crippen molar-refractivity contribution in [2.45, 2.75) is 45.1 Å². The fourth-order valence-electron chi connectivity index (χ4n) is 3.11. The van der Waals surface area contributed by atoms with Gasteiger partial charge >= 0.3 is 0 Å². The number of nitrogens with zero attached hydrogens (tertiary/aromatic N) is 1. The molecule has 1 saturated carbocycles. The molecular weight excluding hydrogens is 239 g/mol. The van der Waals surface area contributed by atoms with E-state index in [-0.39, 0.29) is 5.82 Å². The minimum Gasteiger partial charge on any atom is -0.372 e. The van der Waals surface area contributed by atoms with Crippen molar-refractivity contribution in [2.24, 2.45) is 11.7 Å². The number of nitrogens with two attached hydrogens (primary N) is 1. The molecule has 1 fully saturated rings. The van der Waals surface area contributed by atoms with Crippen LogP contribution in [0, 0.1) is 11.7 Å². The van der Waals surface area contributed by atoms with Crippen LogP contribution in [0.3, 0.4) is 0 Å². The average Bonchev–Trinajstić information content (AvgIpc) is 2.37. The lowest BCUT2D eigenvalue weighted by Crippen LogP contribution is -2.35. The van der Waals surface area contributed by atoms with Crippen molar-refractivity contribution in [3.05, 3.63) is 29.6 Å². The van der Waals surface area contributed by atoms with Crippen LogP contribution >= 0.6 is 0 Å². The van der Waals surface area contributed by atoms with Crippen LogP contribution in [-0.2, 0) is 6.42 Å².